The molecule has 1 radical (unpaired) electrons. The molecule has 0 amide bonds. The number of carbonyl (C=O) groups is 1. The van der Waals surface area contributed by atoms with Crippen LogP contribution in [0.5, 0.6) is 0 Å². The smallest absolute Gasteiger partial charge is 0.303 e. The summed E-state index contributed by atoms with van der Waals surface area (Å²) in [4.78, 5) is 10.3. The molecule has 0 saturated carbocycles. The Bertz CT molecular complexity index is 84.9. The number of ether oxygens (including phenoxy) is 1. The van der Waals surface area contributed by atoms with Crippen LogP contribution in [-0.2, 0) is 9.53 Å². The zero-order valence-electron chi connectivity index (χ0n) is 6.23. The van der Waals surface area contributed by atoms with Crippen molar-refractivity contribution in [3.8, 4) is 0 Å². The average molecular weight is 129 g/mol. The highest BCUT2D eigenvalue weighted by Gasteiger charge is 2.06. The van der Waals surface area contributed by atoms with E-state index in [2.05, 4.69) is 0 Å². The van der Waals surface area contributed by atoms with Crippen LogP contribution in [0.4, 0.5) is 0 Å². The predicted octanol–water partition coefficient (Wildman–Crippen LogP) is 1.90. The summed E-state index contributed by atoms with van der Waals surface area (Å²) in [5.41, 5.74) is 0. The summed E-state index contributed by atoms with van der Waals surface area (Å²) in [7, 11) is 0. The molecule has 0 fully saturated rings. The molecule has 2 nitrogen and oxygen atoms in total. The van der Waals surface area contributed by atoms with Gasteiger partial charge in [-0.15, -0.1) is 0 Å². The van der Waals surface area contributed by atoms with Crippen LogP contribution in [0.1, 0.15) is 33.6 Å². The van der Waals surface area contributed by atoms with Crippen molar-refractivity contribution in [2.75, 3.05) is 0 Å². The first-order chi connectivity index (χ1) is 4.20. The van der Waals surface area contributed by atoms with Gasteiger partial charge in [0, 0.05) is 6.92 Å². The Hall–Kier alpha value is -0.530. The van der Waals surface area contributed by atoms with Gasteiger partial charge in [0.05, 0.1) is 0 Å². The summed E-state index contributed by atoms with van der Waals surface area (Å²) in [5, 5.41) is 0. The largest absolute Gasteiger partial charge is 0.455 e. The van der Waals surface area contributed by atoms with E-state index in [1.54, 1.807) is 0 Å². The molecule has 2 heteroatoms. The summed E-state index contributed by atoms with van der Waals surface area (Å²) in [6.45, 7) is 5.37. The minimum atomic E-state index is -0.214. The maximum Gasteiger partial charge on any atom is 0.303 e. The number of rotatable bonds is 3. The molecular weight excluding hydrogens is 116 g/mol. The van der Waals surface area contributed by atoms with Gasteiger partial charge in [-0.05, 0) is 12.8 Å². The predicted molar refractivity (Wildman–Crippen MR) is 35.6 cm³/mol. The SMILES string of the molecule is CC[C](CC)OC(C)=O. The van der Waals surface area contributed by atoms with Crippen LogP contribution in [0.25, 0.3) is 0 Å². The summed E-state index contributed by atoms with van der Waals surface area (Å²) in [6, 6.07) is 0. The Labute approximate surface area is 56.2 Å². The third kappa shape index (κ3) is 4.01. The lowest BCUT2D eigenvalue weighted by molar-refractivity contribution is -0.140. The van der Waals surface area contributed by atoms with Crippen LogP contribution in [0, 0.1) is 6.10 Å². The second kappa shape index (κ2) is 4.36. The van der Waals surface area contributed by atoms with Gasteiger partial charge in [-0.1, -0.05) is 13.8 Å². The fourth-order valence-corrected chi connectivity index (χ4v) is 0.598. The lowest BCUT2D eigenvalue weighted by atomic mass is 10.2. The number of esters is 1. The molecule has 0 aromatic rings. The molecule has 0 bridgehead atoms. The maximum absolute atomic E-state index is 10.3. The minimum Gasteiger partial charge on any atom is -0.455 e. The van der Waals surface area contributed by atoms with E-state index < -0.39 is 0 Å². The molecule has 53 valence electrons. The molecule has 0 saturated heterocycles. The average Bonchev–Trinajstić information content (AvgIpc) is 1.82. The fourth-order valence-electron chi connectivity index (χ4n) is 0.598. The van der Waals surface area contributed by atoms with Crippen LogP contribution < -0.4 is 0 Å². The molecule has 0 unspecified atom stereocenters. The van der Waals surface area contributed by atoms with Crippen molar-refractivity contribution in [3.05, 3.63) is 6.10 Å². The van der Waals surface area contributed by atoms with Gasteiger partial charge in [0.25, 0.3) is 0 Å². The third-order valence-electron chi connectivity index (χ3n) is 1.08. The van der Waals surface area contributed by atoms with Gasteiger partial charge in [-0.25, -0.2) is 0 Å². The highest BCUT2D eigenvalue weighted by Crippen LogP contribution is 2.11. The second-order valence-corrected chi connectivity index (χ2v) is 1.84. The standard InChI is InChI=1S/C7H13O2/c1-4-7(5-2)9-6(3)8/h4-5H2,1-3H3. The second-order valence-electron chi connectivity index (χ2n) is 1.84. The van der Waals surface area contributed by atoms with Crippen molar-refractivity contribution in [2.24, 2.45) is 0 Å². The van der Waals surface area contributed by atoms with Crippen molar-refractivity contribution in [1.82, 2.24) is 0 Å². The van der Waals surface area contributed by atoms with Gasteiger partial charge in [-0.3, -0.25) is 4.79 Å². The molecule has 0 aliphatic rings. The highest BCUT2D eigenvalue weighted by molar-refractivity contribution is 5.66. The molecule has 0 N–H and O–H groups in total. The number of hydrogen-bond acceptors (Lipinski definition) is 2. The maximum atomic E-state index is 10.3. The molecule has 0 aliphatic heterocycles. The molecule has 0 aliphatic carbocycles. The van der Waals surface area contributed by atoms with Crippen molar-refractivity contribution in [3.63, 3.8) is 0 Å². The van der Waals surface area contributed by atoms with Crippen molar-refractivity contribution in [2.45, 2.75) is 33.6 Å². The quantitative estimate of drug-likeness (QED) is 0.544. The number of carbonyl (C=O) groups excluding carboxylic acids is 1. The van der Waals surface area contributed by atoms with Gasteiger partial charge in [0.2, 0.25) is 0 Å². The van der Waals surface area contributed by atoms with Crippen LogP contribution in [0.15, 0.2) is 0 Å². The summed E-state index contributed by atoms with van der Waals surface area (Å²) in [5.74, 6) is -0.214. The summed E-state index contributed by atoms with van der Waals surface area (Å²) < 4.78 is 4.83. The van der Waals surface area contributed by atoms with E-state index in [1.807, 2.05) is 13.8 Å². The fraction of sp³-hybridized carbons (Fsp3) is 0.714. The first-order valence-electron chi connectivity index (χ1n) is 3.23. The number of hydrogen-bond donors (Lipinski definition) is 0. The van der Waals surface area contributed by atoms with E-state index in [0.29, 0.717) is 0 Å². The monoisotopic (exact) mass is 129 g/mol. The molecule has 0 atom stereocenters. The third-order valence-corrected chi connectivity index (χ3v) is 1.08. The van der Waals surface area contributed by atoms with Crippen LogP contribution in [0.3, 0.4) is 0 Å². The van der Waals surface area contributed by atoms with E-state index in [4.69, 9.17) is 4.74 Å². The Kier molecular flexibility index (Phi) is 4.10. The van der Waals surface area contributed by atoms with Crippen molar-refractivity contribution >= 4 is 5.97 Å². The van der Waals surface area contributed by atoms with Crippen molar-refractivity contribution in [1.29, 1.82) is 0 Å². The summed E-state index contributed by atoms with van der Waals surface area (Å²) >= 11 is 0. The van der Waals surface area contributed by atoms with Gasteiger partial charge in [-0.2, -0.15) is 0 Å². The molecule has 0 spiro atoms. The summed E-state index contributed by atoms with van der Waals surface area (Å²) in [6.07, 6.45) is 2.52. The Morgan fingerprint density at radius 2 is 1.78 bits per heavy atom. The van der Waals surface area contributed by atoms with E-state index in [0.717, 1.165) is 18.9 Å². The Balaban J connectivity index is 3.43. The highest BCUT2D eigenvalue weighted by atomic mass is 16.5. The molecule has 0 heterocycles. The topological polar surface area (TPSA) is 26.3 Å². The molecule has 0 rings (SSSR count). The van der Waals surface area contributed by atoms with E-state index in [9.17, 15) is 4.79 Å². The zero-order chi connectivity index (χ0) is 7.28. The Morgan fingerprint density at radius 3 is 1.89 bits per heavy atom. The lowest BCUT2D eigenvalue weighted by Crippen LogP contribution is -2.05. The van der Waals surface area contributed by atoms with Crippen LogP contribution >= 0.6 is 0 Å². The first-order valence-corrected chi connectivity index (χ1v) is 3.23. The van der Waals surface area contributed by atoms with Gasteiger partial charge >= 0.3 is 5.97 Å². The molecular formula is C7H13O2. The van der Waals surface area contributed by atoms with Crippen molar-refractivity contribution < 1.29 is 9.53 Å². The molecule has 9 heavy (non-hydrogen) atoms. The van der Waals surface area contributed by atoms with Crippen LogP contribution in [0.2, 0.25) is 0 Å². The first kappa shape index (κ1) is 8.47. The van der Waals surface area contributed by atoms with E-state index >= 15 is 0 Å². The van der Waals surface area contributed by atoms with E-state index in [1.165, 1.54) is 6.92 Å². The van der Waals surface area contributed by atoms with E-state index in [-0.39, 0.29) is 5.97 Å². The van der Waals surface area contributed by atoms with Gasteiger partial charge in [0.1, 0.15) is 0 Å². The minimum absolute atomic E-state index is 0.214. The normalized spacial score (nSPS) is 9.78. The molecule has 0 aromatic heterocycles. The van der Waals surface area contributed by atoms with Gasteiger partial charge < -0.3 is 4.74 Å². The Morgan fingerprint density at radius 1 is 1.33 bits per heavy atom. The van der Waals surface area contributed by atoms with Crippen LogP contribution in [-0.4, -0.2) is 5.97 Å². The molecule has 0 aromatic carbocycles. The van der Waals surface area contributed by atoms with Gasteiger partial charge in [0.15, 0.2) is 6.10 Å². The lowest BCUT2D eigenvalue weighted by Gasteiger charge is -2.09. The zero-order valence-corrected chi connectivity index (χ0v) is 6.23.